The SMILES string of the molecule is CC(C)CNC(=O)C(C)Oc1ccc([C@@H](C)O)cc1. The minimum absolute atomic E-state index is 0.117. The van der Waals surface area contributed by atoms with Crippen molar-refractivity contribution in [2.24, 2.45) is 5.92 Å². The van der Waals surface area contributed by atoms with Crippen molar-refractivity contribution in [3.05, 3.63) is 29.8 Å². The van der Waals surface area contributed by atoms with E-state index in [2.05, 4.69) is 5.32 Å². The third kappa shape index (κ3) is 5.30. The fourth-order valence-corrected chi connectivity index (χ4v) is 1.53. The van der Waals surface area contributed by atoms with Crippen LogP contribution >= 0.6 is 0 Å². The van der Waals surface area contributed by atoms with Crippen molar-refractivity contribution in [2.75, 3.05) is 6.54 Å². The number of benzene rings is 1. The van der Waals surface area contributed by atoms with Gasteiger partial charge >= 0.3 is 0 Å². The van der Waals surface area contributed by atoms with E-state index < -0.39 is 12.2 Å². The van der Waals surface area contributed by atoms with Gasteiger partial charge in [0, 0.05) is 6.54 Å². The summed E-state index contributed by atoms with van der Waals surface area (Å²) in [7, 11) is 0. The topological polar surface area (TPSA) is 58.6 Å². The van der Waals surface area contributed by atoms with Crippen LogP contribution in [0.4, 0.5) is 0 Å². The first-order chi connectivity index (χ1) is 8.90. The number of hydrogen-bond donors (Lipinski definition) is 2. The molecule has 0 saturated carbocycles. The van der Waals surface area contributed by atoms with E-state index in [9.17, 15) is 9.90 Å². The molecule has 1 unspecified atom stereocenters. The summed E-state index contributed by atoms with van der Waals surface area (Å²) in [6.45, 7) is 8.16. The summed E-state index contributed by atoms with van der Waals surface area (Å²) in [6, 6.07) is 7.10. The third-order valence-electron chi connectivity index (χ3n) is 2.73. The molecule has 0 bridgehead atoms. The highest BCUT2D eigenvalue weighted by Gasteiger charge is 2.14. The summed E-state index contributed by atoms with van der Waals surface area (Å²) in [5.41, 5.74) is 0.823. The smallest absolute Gasteiger partial charge is 0.260 e. The van der Waals surface area contributed by atoms with Crippen LogP contribution in [-0.4, -0.2) is 23.7 Å². The molecule has 4 heteroatoms. The first kappa shape index (κ1) is 15.5. The largest absolute Gasteiger partial charge is 0.481 e. The molecule has 0 fully saturated rings. The summed E-state index contributed by atoms with van der Waals surface area (Å²) in [5, 5.41) is 12.2. The molecule has 1 aromatic carbocycles. The van der Waals surface area contributed by atoms with Crippen molar-refractivity contribution in [2.45, 2.75) is 39.9 Å². The van der Waals surface area contributed by atoms with Crippen molar-refractivity contribution in [1.82, 2.24) is 5.32 Å². The zero-order valence-corrected chi connectivity index (χ0v) is 12.0. The Morgan fingerprint density at radius 3 is 2.26 bits per heavy atom. The highest BCUT2D eigenvalue weighted by molar-refractivity contribution is 5.80. The van der Waals surface area contributed by atoms with Gasteiger partial charge in [-0.25, -0.2) is 0 Å². The average Bonchev–Trinajstić information content (AvgIpc) is 2.36. The van der Waals surface area contributed by atoms with Gasteiger partial charge in [0.1, 0.15) is 5.75 Å². The molecular weight excluding hydrogens is 242 g/mol. The second kappa shape index (κ2) is 7.14. The number of aliphatic hydroxyl groups is 1. The second-order valence-corrected chi connectivity index (χ2v) is 5.14. The quantitative estimate of drug-likeness (QED) is 0.829. The van der Waals surface area contributed by atoms with E-state index in [0.29, 0.717) is 18.2 Å². The van der Waals surface area contributed by atoms with Gasteiger partial charge in [-0.15, -0.1) is 0 Å². The molecule has 0 aliphatic carbocycles. The van der Waals surface area contributed by atoms with E-state index >= 15 is 0 Å². The first-order valence-corrected chi connectivity index (χ1v) is 6.62. The lowest BCUT2D eigenvalue weighted by Crippen LogP contribution is -2.38. The number of hydrogen-bond acceptors (Lipinski definition) is 3. The summed E-state index contributed by atoms with van der Waals surface area (Å²) in [4.78, 5) is 11.8. The minimum atomic E-state index is -0.531. The first-order valence-electron chi connectivity index (χ1n) is 6.62. The predicted octanol–water partition coefficient (Wildman–Crippen LogP) is 2.28. The Balaban J connectivity index is 2.51. The zero-order chi connectivity index (χ0) is 14.4. The van der Waals surface area contributed by atoms with Gasteiger partial charge in [-0.05, 0) is 37.5 Å². The average molecular weight is 265 g/mol. The van der Waals surface area contributed by atoms with E-state index in [1.54, 1.807) is 38.1 Å². The highest BCUT2D eigenvalue weighted by Crippen LogP contribution is 2.18. The Labute approximate surface area is 114 Å². The van der Waals surface area contributed by atoms with Crippen LogP contribution in [-0.2, 0) is 4.79 Å². The Morgan fingerprint density at radius 1 is 1.21 bits per heavy atom. The normalized spacial score (nSPS) is 14.0. The molecule has 106 valence electrons. The molecule has 0 radical (unpaired) electrons. The number of aliphatic hydroxyl groups excluding tert-OH is 1. The number of ether oxygens (including phenoxy) is 1. The predicted molar refractivity (Wildman–Crippen MR) is 75.0 cm³/mol. The Bertz CT molecular complexity index is 398. The summed E-state index contributed by atoms with van der Waals surface area (Å²) >= 11 is 0. The van der Waals surface area contributed by atoms with Crippen molar-refractivity contribution in [3.8, 4) is 5.75 Å². The van der Waals surface area contributed by atoms with Gasteiger partial charge < -0.3 is 15.2 Å². The van der Waals surface area contributed by atoms with Crippen LogP contribution in [0.25, 0.3) is 0 Å². The van der Waals surface area contributed by atoms with Crippen molar-refractivity contribution >= 4 is 5.91 Å². The number of nitrogens with one attached hydrogen (secondary N) is 1. The fourth-order valence-electron chi connectivity index (χ4n) is 1.53. The van der Waals surface area contributed by atoms with Gasteiger partial charge in [0.2, 0.25) is 0 Å². The second-order valence-electron chi connectivity index (χ2n) is 5.14. The molecule has 0 saturated heterocycles. The molecule has 2 N–H and O–H groups in total. The number of amides is 1. The fraction of sp³-hybridized carbons (Fsp3) is 0.533. The third-order valence-corrected chi connectivity index (χ3v) is 2.73. The molecule has 0 heterocycles. The molecule has 4 nitrogen and oxygen atoms in total. The Kier molecular flexibility index (Phi) is 5.83. The molecule has 1 aromatic rings. The van der Waals surface area contributed by atoms with Gasteiger partial charge in [0.25, 0.3) is 5.91 Å². The van der Waals surface area contributed by atoms with E-state index in [1.807, 2.05) is 13.8 Å². The van der Waals surface area contributed by atoms with Crippen LogP contribution in [0.1, 0.15) is 39.4 Å². The van der Waals surface area contributed by atoms with Crippen LogP contribution in [0.3, 0.4) is 0 Å². The molecule has 0 aromatic heterocycles. The van der Waals surface area contributed by atoms with Gasteiger partial charge in [0.05, 0.1) is 6.10 Å². The lowest BCUT2D eigenvalue weighted by molar-refractivity contribution is -0.127. The summed E-state index contributed by atoms with van der Waals surface area (Å²) in [6.07, 6.45) is -1.03. The number of carbonyl (C=O) groups excluding carboxylic acids is 1. The van der Waals surface area contributed by atoms with E-state index in [0.717, 1.165) is 5.56 Å². The van der Waals surface area contributed by atoms with E-state index in [-0.39, 0.29) is 5.91 Å². The van der Waals surface area contributed by atoms with Crippen LogP contribution in [0.2, 0.25) is 0 Å². The lowest BCUT2D eigenvalue weighted by Gasteiger charge is -2.16. The monoisotopic (exact) mass is 265 g/mol. The van der Waals surface area contributed by atoms with Gasteiger partial charge in [-0.2, -0.15) is 0 Å². The molecule has 0 aliphatic rings. The number of rotatable bonds is 6. The van der Waals surface area contributed by atoms with Crippen molar-refractivity contribution < 1.29 is 14.6 Å². The van der Waals surface area contributed by atoms with Gasteiger partial charge in [0.15, 0.2) is 6.10 Å². The lowest BCUT2D eigenvalue weighted by atomic mass is 10.1. The maximum absolute atomic E-state index is 11.8. The molecule has 19 heavy (non-hydrogen) atoms. The Hall–Kier alpha value is -1.55. The minimum Gasteiger partial charge on any atom is -0.481 e. The molecule has 0 spiro atoms. The highest BCUT2D eigenvalue weighted by atomic mass is 16.5. The maximum Gasteiger partial charge on any atom is 0.260 e. The van der Waals surface area contributed by atoms with Crippen molar-refractivity contribution in [1.29, 1.82) is 0 Å². The van der Waals surface area contributed by atoms with E-state index in [4.69, 9.17) is 4.74 Å². The summed E-state index contributed by atoms with van der Waals surface area (Å²) < 4.78 is 5.55. The molecule has 1 rings (SSSR count). The molecule has 1 amide bonds. The molecule has 2 atom stereocenters. The van der Waals surface area contributed by atoms with Crippen LogP contribution < -0.4 is 10.1 Å². The van der Waals surface area contributed by atoms with Crippen LogP contribution in [0.15, 0.2) is 24.3 Å². The van der Waals surface area contributed by atoms with Crippen LogP contribution in [0.5, 0.6) is 5.75 Å². The molecule has 0 aliphatic heterocycles. The van der Waals surface area contributed by atoms with Gasteiger partial charge in [-0.3, -0.25) is 4.79 Å². The van der Waals surface area contributed by atoms with E-state index in [1.165, 1.54) is 0 Å². The van der Waals surface area contributed by atoms with Crippen LogP contribution in [0, 0.1) is 5.92 Å². The maximum atomic E-state index is 11.8. The van der Waals surface area contributed by atoms with Gasteiger partial charge in [-0.1, -0.05) is 26.0 Å². The number of carbonyl (C=O) groups is 1. The Morgan fingerprint density at radius 2 is 1.79 bits per heavy atom. The standard InChI is InChI=1S/C15H23NO3/c1-10(2)9-16-15(18)12(4)19-14-7-5-13(6-8-14)11(3)17/h5-8,10-12,17H,9H2,1-4H3,(H,16,18)/t11-,12?/m1/s1. The zero-order valence-electron chi connectivity index (χ0n) is 12.0. The summed E-state index contributed by atoms with van der Waals surface area (Å²) in [5.74, 6) is 0.923. The van der Waals surface area contributed by atoms with Crippen molar-refractivity contribution in [3.63, 3.8) is 0 Å². The molecular formula is C15H23NO3.